The van der Waals surface area contributed by atoms with E-state index < -0.39 is 19.5 Å². The SMILES string of the molecule is O=[PH](OC(CCl)(CCCl)CCCl)OC(CCl)(CCCl)CCCl. The predicted molar refractivity (Wildman–Crippen MR) is 99.4 cm³/mol. The van der Waals surface area contributed by atoms with E-state index in [4.69, 9.17) is 78.7 Å². The van der Waals surface area contributed by atoms with Crippen LogP contribution < -0.4 is 0 Å². The zero-order chi connectivity index (χ0) is 17.1. The average molecular weight is 457 g/mol. The van der Waals surface area contributed by atoms with E-state index in [1.807, 2.05) is 0 Å². The smallest absolute Gasteiger partial charge is 0.303 e. The van der Waals surface area contributed by atoms with Gasteiger partial charge in [0.25, 0.3) is 0 Å². The summed E-state index contributed by atoms with van der Waals surface area (Å²) in [6.07, 6.45) is 1.68. The van der Waals surface area contributed by atoms with Crippen LogP contribution in [0.3, 0.4) is 0 Å². The Labute approximate surface area is 163 Å². The van der Waals surface area contributed by atoms with E-state index in [1.165, 1.54) is 0 Å². The second-order valence-corrected chi connectivity index (χ2v) is 7.80. The molecule has 0 rings (SSSR count). The molecule has 0 aliphatic heterocycles. The van der Waals surface area contributed by atoms with Gasteiger partial charge in [0.15, 0.2) is 0 Å². The Hall–Kier alpha value is 1.89. The van der Waals surface area contributed by atoms with E-state index in [0.29, 0.717) is 49.2 Å². The van der Waals surface area contributed by atoms with Crippen LogP contribution in [-0.2, 0) is 13.6 Å². The van der Waals surface area contributed by atoms with Gasteiger partial charge in [-0.25, -0.2) is 0 Å². The largest absolute Gasteiger partial charge is 0.320 e. The Morgan fingerprint density at radius 1 is 0.636 bits per heavy atom. The van der Waals surface area contributed by atoms with Gasteiger partial charge in [-0.3, -0.25) is 4.57 Å². The molecule has 3 nitrogen and oxygen atoms in total. The standard InChI is InChI=1S/C12H21Cl6O3P/c13-5-1-11(9-17,2-6-14)20-22(19)21-12(10-18,3-7-15)4-8-16/h22H,1-10H2. The molecule has 0 aromatic rings. The van der Waals surface area contributed by atoms with E-state index in [-0.39, 0.29) is 11.8 Å². The van der Waals surface area contributed by atoms with Crippen LogP contribution in [-0.4, -0.2) is 46.5 Å². The molecule has 0 amide bonds. The molecule has 0 fully saturated rings. The molecule has 0 aliphatic rings. The summed E-state index contributed by atoms with van der Waals surface area (Å²) in [7, 11) is -2.87. The van der Waals surface area contributed by atoms with Crippen LogP contribution in [0.25, 0.3) is 0 Å². The molecule has 0 saturated heterocycles. The summed E-state index contributed by atoms with van der Waals surface area (Å²) in [5.41, 5.74) is -1.75. The topological polar surface area (TPSA) is 35.5 Å². The summed E-state index contributed by atoms with van der Waals surface area (Å²) in [4.78, 5) is 0. The molecule has 0 spiro atoms. The van der Waals surface area contributed by atoms with Crippen molar-refractivity contribution in [3.05, 3.63) is 0 Å². The Balaban J connectivity index is 4.97. The van der Waals surface area contributed by atoms with E-state index in [0.717, 1.165) is 0 Å². The van der Waals surface area contributed by atoms with Gasteiger partial charge in [-0.1, -0.05) is 0 Å². The van der Waals surface area contributed by atoms with Crippen LogP contribution in [0.15, 0.2) is 0 Å². The first-order chi connectivity index (χ1) is 10.5. The fourth-order valence-corrected chi connectivity index (χ4v) is 5.34. The molecule has 0 radical (unpaired) electrons. The van der Waals surface area contributed by atoms with Gasteiger partial charge in [0.2, 0.25) is 0 Å². The van der Waals surface area contributed by atoms with Crippen molar-refractivity contribution >= 4 is 77.9 Å². The molecule has 0 unspecified atom stereocenters. The van der Waals surface area contributed by atoms with Crippen LogP contribution in [0.5, 0.6) is 0 Å². The molecule has 134 valence electrons. The maximum Gasteiger partial charge on any atom is 0.320 e. The van der Waals surface area contributed by atoms with Crippen LogP contribution in [0, 0.1) is 0 Å². The van der Waals surface area contributed by atoms with Crippen molar-refractivity contribution in [2.24, 2.45) is 0 Å². The van der Waals surface area contributed by atoms with Crippen molar-refractivity contribution in [1.29, 1.82) is 0 Å². The predicted octanol–water partition coefficient (Wildman–Crippen LogP) is 5.88. The van der Waals surface area contributed by atoms with Crippen LogP contribution in [0.2, 0.25) is 0 Å². The van der Waals surface area contributed by atoms with Gasteiger partial charge >= 0.3 is 8.25 Å². The molecular weight excluding hydrogens is 436 g/mol. The molecule has 0 N–H and O–H groups in total. The summed E-state index contributed by atoms with van der Waals surface area (Å²) in [6.45, 7) is 0. The van der Waals surface area contributed by atoms with E-state index in [9.17, 15) is 4.57 Å². The molecule has 0 bridgehead atoms. The lowest BCUT2D eigenvalue weighted by atomic mass is 10.0. The lowest BCUT2D eigenvalue weighted by Crippen LogP contribution is -2.37. The van der Waals surface area contributed by atoms with Gasteiger partial charge in [0, 0.05) is 23.5 Å². The molecule has 0 aromatic heterocycles. The number of hydrogen-bond acceptors (Lipinski definition) is 3. The highest BCUT2D eigenvalue weighted by molar-refractivity contribution is 7.33. The molecule has 0 heterocycles. The van der Waals surface area contributed by atoms with Gasteiger partial charge in [-0.2, -0.15) is 0 Å². The highest BCUT2D eigenvalue weighted by atomic mass is 35.5. The summed E-state index contributed by atoms with van der Waals surface area (Å²) < 4.78 is 23.5. The molecule has 10 heteroatoms. The van der Waals surface area contributed by atoms with Crippen LogP contribution in [0.4, 0.5) is 0 Å². The molecule has 0 aliphatic carbocycles. The van der Waals surface area contributed by atoms with Gasteiger partial charge < -0.3 is 9.05 Å². The molecule has 0 aromatic carbocycles. The molecule has 0 saturated carbocycles. The number of hydrogen-bond donors (Lipinski definition) is 0. The Bertz CT molecular complexity index is 281. The third-order valence-corrected chi connectivity index (χ3v) is 6.22. The fourth-order valence-electron chi connectivity index (χ4n) is 1.84. The summed E-state index contributed by atoms with van der Waals surface area (Å²) in [5.74, 6) is 1.47. The lowest BCUT2D eigenvalue weighted by molar-refractivity contribution is 0.0254. The Morgan fingerprint density at radius 3 is 1.09 bits per heavy atom. The van der Waals surface area contributed by atoms with Crippen molar-refractivity contribution in [2.45, 2.75) is 36.9 Å². The summed E-state index contributed by atoms with van der Waals surface area (Å²) in [6, 6.07) is 0. The van der Waals surface area contributed by atoms with Crippen molar-refractivity contribution in [1.82, 2.24) is 0 Å². The quantitative estimate of drug-likeness (QED) is 0.242. The average Bonchev–Trinajstić information content (AvgIpc) is 2.47. The first kappa shape index (κ1) is 23.9. The van der Waals surface area contributed by atoms with Crippen molar-refractivity contribution < 1.29 is 13.6 Å². The van der Waals surface area contributed by atoms with Crippen molar-refractivity contribution in [3.63, 3.8) is 0 Å². The normalized spacial score (nSPS) is 13.0. The van der Waals surface area contributed by atoms with Gasteiger partial charge in [-0.15, -0.1) is 69.6 Å². The molecule has 0 atom stereocenters. The van der Waals surface area contributed by atoms with Gasteiger partial charge in [0.05, 0.1) is 23.0 Å². The van der Waals surface area contributed by atoms with Crippen molar-refractivity contribution in [2.75, 3.05) is 35.3 Å². The minimum atomic E-state index is -2.87. The summed E-state index contributed by atoms with van der Waals surface area (Å²) in [5, 5.41) is 0. The van der Waals surface area contributed by atoms with Crippen LogP contribution in [0.1, 0.15) is 25.7 Å². The van der Waals surface area contributed by atoms with E-state index >= 15 is 0 Å². The van der Waals surface area contributed by atoms with Gasteiger partial charge in [0.1, 0.15) is 0 Å². The first-order valence-electron chi connectivity index (χ1n) is 6.75. The third-order valence-electron chi connectivity index (χ3n) is 3.29. The zero-order valence-electron chi connectivity index (χ0n) is 12.1. The molecule has 22 heavy (non-hydrogen) atoms. The Kier molecular flexibility index (Phi) is 14.3. The van der Waals surface area contributed by atoms with Gasteiger partial charge in [-0.05, 0) is 25.7 Å². The third kappa shape index (κ3) is 8.32. The summed E-state index contributed by atoms with van der Waals surface area (Å²) >= 11 is 35.0. The zero-order valence-corrected chi connectivity index (χ0v) is 17.6. The highest BCUT2D eigenvalue weighted by Crippen LogP contribution is 2.42. The lowest BCUT2D eigenvalue weighted by Gasteiger charge is -2.34. The Morgan fingerprint density at radius 2 is 0.909 bits per heavy atom. The fraction of sp³-hybridized carbons (Fsp3) is 1.00. The molecular formula is C12H21Cl6O3P. The van der Waals surface area contributed by atoms with Crippen molar-refractivity contribution in [3.8, 4) is 0 Å². The van der Waals surface area contributed by atoms with E-state index in [2.05, 4.69) is 0 Å². The maximum atomic E-state index is 12.3. The second kappa shape index (κ2) is 13.1. The second-order valence-electron chi connectivity index (χ2n) is 4.84. The number of rotatable bonds is 14. The minimum Gasteiger partial charge on any atom is -0.303 e. The van der Waals surface area contributed by atoms with Crippen LogP contribution >= 0.6 is 77.9 Å². The first-order valence-corrected chi connectivity index (χ1v) is 11.2. The monoisotopic (exact) mass is 454 g/mol. The number of halogens is 6. The number of alkyl halides is 6. The minimum absolute atomic E-state index is 0.116. The van der Waals surface area contributed by atoms with E-state index in [1.54, 1.807) is 0 Å². The highest BCUT2D eigenvalue weighted by Gasteiger charge is 2.36. The maximum absolute atomic E-state index is 12.3.